The molecular formula is C24H31N7O2. The van der Waals surface area contributed by atoms with E-state index in [0.717, 1.165) is 23.7 Å². The summed E-state index contributed by atoms with van der Waals surface area (Å²) in [7, 11) is 5.94. The van der Waals surface area contributed by atoms with Gasteiger partial charge in [0, 0.05) is 63.9 Å². The number of aromatic hydroxyl groups is 1. The summed E-state index contributed by atoms with van der Waals surface area (Å²) in [5.74, 6) is 0.750. The van der Waals surface area contributed by atoms with Gasteiger partial charge in [0.2, 0.25) is 0 Å². The number of aromatic nitrogens is 3. The van der Waals surface area contributed by atoms with Crippen molar-refractivity contribution >= 4 is 17.4 Å². The number of phenolic OH excluding ortho intramolecular Hbond substituents is 1. The SMILES string of the molecule is CN(C)Cc1ccc(N2CCN(C(=O)c3ccc(NCc4ccn(C)n4)cc3O)CC2)nc1. The van der Waals surface area contributed by atoms with E-state index in [1.165, 1.54) is 5.56 Å². The predicted octanol–water partition coefficient (Wildman–Crippen LogP) is 2.16. The van der Waals surface area contributed by atoms with E-state index in [1.54, 1.807) is 21.7 Å². The van der Waals surface area contributed by atoms with Crippen LogP contribution >= 0.6 is 0 Å². The minimum absolute atomic E-state index is 0.0217. The van der Waals surface area contributed by atoms with Crippen LogP contribution in [0.3, 0.4) is 0 Å². The second-order valence-corrected chi connectivity index (χ2v) is 8.61. The summed E-state index contributed by atoms with van der Waals surface area (Å²) in [6.45, 7) is 3.97. The van der Waals surface area contributed by atoms with Crippen LogP contribution in [-0.4, -0.2) is 75.9 Å². The van der Waals surface area contributed by atoms with Gasteiger partial charge in [0.05, 0.1) is 17.8 Å². The van der Waals surface area contributed by atoms with Crippen molar-refractivity contribution in [1.29, 1.82) is 0 Å². The van der Waals surface area contributed by atoms with E-state index in [4.69, 9.17) is 0 Å². The molecule has 9 nitrogen and oxygen atoms in total. The summed E-state index contributed by atoms with van der Waals surface area (Å²) in [6, 6.07) is 11.1. The molecule has 2 aromatic heterocycles. The lowest BCUT2D eigenvalue weighted by atomic mass is 10.1. The number of benzene rings is 1. The Morgan fingerprint density at radius 3 is 2.52 bits per heavy atom. The van der Waals surface area contributed by atoms with Crippen molar-refractivity contribution in [1.82, 2.24) is 24.6 Å². The molecule has 0 unspecified atom stereocenters. The number of carbonyl (C=O) groups is 1. The Bertz CT molecular complexity index is 1090. The number of aryl methyl sites for hydroxylation is 1. The molecule has 3 aromatic rings. The van der Waals surface area contributed by atoms with Crippen LogP contribution in [0.4, 0.5) is 11.5 Å². The fraction of sp³-hybridized carbons (Fsp3) is 0.375. The first-order valence-corrected chi connectivity index (χ1v) is 11.1. The van der Waals surface area contributed by atoms with E-state index >= 15 is 0 Å². The molecule has 9 heteroatoms. The second-order valence-electron chi connectivity index (χ2n) is 8.61. The molecule has 1 aromatic carbocycles. The van der Waals surface area contributed by atoms with E-state index in [9.17, 15) is 9.90 Å². The highest BCUT2D eigenvalue weighted by atomic mass is 16.3. The average Bonchev–Trinajstić information content (AvgIpc) is 3.23. The Balaban J connectivity index is 1.32. The molecule has 1 aliphatic heterocycles. The first-order chi connectivity index (χ1) is 15.9. The molecule has 1 amide bonds. The van der Waals surface area contributed by atoms with Gasteiger partial charge in [-0.1, -0.05) is 6.07 Å². The Morgan fingerprint density at radius 1 is 1.12 bits per heavy atom. The van der Waals surface area contributed by atoms with E-state index in [-0.39, 0.29) is 11.7 Å². The number of hydrogen-bond acceptors (Lipinski definition) is 7. The van der Waals surface area contributed by atoms with Crippen LogP contribution in [-0.2, 0) is 20.1 Å². The molecule has 1 aliphatic rings. The van der Waals surface area contributed by atoms with Crippen molar-refractivity contribution in [3.05, 3.63) is 65.6 Å². The number of nitrogens with one attached hydrogen (secondary N) is 1. The zero-order valence-corrected chi connectivity index (χ0v) is 19.4. The predicted molar refractivity (Wildman–Crippen MR) is 128 cm³/mol. The van der Waals surface area contributed by atoms with Crippen LogP contribution in [0.5, 0.6) is 5.75 Å². The Labute approximate surface area is 194 Å². The van der Waals surface area contributed by atoms with Crippen molar-refractivity contribution in [2.45, 2.75) is 13.1 Å². The summed E-state index contributed by atoms with van der Waals surface area (Å²) in [4.78, 5) is 23.7. The maximum atomic E-state index is 13.0. The van der Waals surface area contributed by atoms with Crippen molar-refractivity contribution in [3.63, 3.8) is 0 Å². The summed E-state index contributed by atoms with van der Waals surface area (Å²) in [5.41, 5.74) is 3.13. The first kappa shape index (κ1) is 22.6. The van der Waals surface area contributed by atoms with Gasteiger partial charge in [0.1, 0.15) is 11.6 Å². The molecule has 0 spiro atoms. The largest absolute Gasteiger partial charge is 0.507 e. The zero-order chi connectivity index (χ0) is 23.4. The van der Waals surface area contributed by atoms with E-state index in [1.807, 2.05) is 51.7 Å². The van der Waals surface area contributed by atoms with Gasteiger partial charge in [0.15, 0.2) is 0 Å². The van der Waals surface area contributed by atoms with Crippen LogP contribution in [0, 0.1) is 0 Å². The molecule has 0 radical (unpaired) electrons. The van der Waals surface area contributed by atoms with E-state index in [2.05, 4.69) is 31.3 Å². The molecule has 0 aliphatic carbocycles. The molecule has 1 saturated heterocycles. The Morgan fingerprint density at radius 2 is 1.91 bits per heavy atom. The fourth-order valence-electron chi connectivity index (χ4n) is 3.94. The van der Waals surface area contributed by atoms with Crippen molar-refractivity contribution in [2.24, 2.45) is 7.05 Å². The second kappa shape index (κ2) is 9.91. The molecule has 0 saturated carbocycles. The number of anilines is 2. The molecule has 1 fully saturated rings. The number of pyridine rings is 1. The Kier molecular flexibility index (Phi) is 6.79. The smallest absolute Gasteiger partial charge is 0.257 e. The summed E-state index contributed by atoms with van der Waals surface area (Å²) < 4.78 is 1.74. The minimum Gasteiger partial charge on any atom is -0.507 e. The maximum absolute atomic E-state index is 13.0. The normalized spacial score (nSPS) is 14.1. The van der Waals surface area contributed by atoms with Gasteiger partial charge in [-0.05, 0) is 43.9 Å². The lowest BCUT2D eigenvalue weighted by Crippen LogP contribution is -2.49. The van der Waals surface area contributed by atoms with Gasteiger partial charge in [-0.2, -0.15) is 5.10 Å². The van der Waals surface area contributed by atoms with Crippen LogP contribution < -0.4 is 10.2 Å². The fourth-order valence-corrected chi connectivity index (χ4v) is 3.94. The van der Waals surface area contributed by atoms with Crippen LogP contribution in [0.2, 0.25) is 0 Å². The highest BCUT2D eigenvalue weighted by Gasteiger charge is 2.24. The lowest BCUT2D eigenvalue weighted by Gasteiger charge is -2.35. The number of carbonyl (C=O) groups excluding carboxylic acids is 1. The quantitative estimate of drug-likeness (QED) is 0.571. The average molecular weight is 450 g/mol. The molecular weight excluding hydrogens is 418 g/mol. The van der Waals surface area contributed by atoms with Crippen molar-refractivity contribution in [3.8, 4) is 5.75 Å². The third kappa shape index (κ3) is 5.61. The minimum atomic E-state index is -0.155. The van der Waals surface area contributed by atoms with Crippen molar-refractivity contribution < 1.29 is 9.90 Å². The summed E-state index contributed by atoms with van der Waals surface area (Å²) in [5, 5.41) is 18.0. The molecule has 0 atom stereocenters. The van der Waals surface area contributed by atoms with Gasteiger partial charge < -0.3 is 25.1 Å². The number of phenols is 1. The third-order valence-electron chi connectivity index (χ3n) is 5.67. The van der Waals surface area contributed by atoms with E-state index in [0.29, 0.717) is 38.3 Å². The maximum Gasteiger partial charge on any atom is 0.257 e. The van der Waals surface area contributed by atoms with Gasteiger partial charge in [0.25, 0.3) is 5.91 Å². The van der Waals surface area contributed by atoms with Crippen LogP contribution in [0.1, 0.15) is 21.6 Å². The number of piperazine rings is 1. The molecule has 3 heterocycles. The Hall–Kier alpha value is -3.59. The zero-order valence-electron chi connectivity index (χ0n) is 19.4. The molecule has 2 N–H and O–H groups in total. The van der Waals surface area contributed by atoms with Crippen LogP contribution in [0.25, 0.3) is 0 Å². The topological polar surface area (TPSA) is 89.8 Å². The van der Waals surface area contributed by atoms with Gasteiger partial charge in [-0.15, -0.1) is 0 Å². The number of amides is 1. The third-order valence-corrected chi connectivity index (χ3v) is 5.67. The van der Waals surface area contributed by atoms with Crippen molar-refractivity contribution in [2.75, 3.05) is 50.5 Å². The number of nitrogens with zero attached hydrogens (tertiary/aromatic N) is 6. The standard InChI is InChI=1S/C24H31N7O2/c1-28(2)17-18-4-7-23(26-15-18)30-10-12-31(13-11-30)24(33)21-6-5-19(14-22(21)32)25-16-20-8-9-29(3)27-20/h4-9,14-15,25,32H,10-13,16-17H2,1-3H3. The summed E-state index contributed by atoms with van der Waals surface area (Å²) >= 11 is 0. The molecule has 4 rings (SSSR count). The van der Waals surface area contributed by atoms with Gasteiger partial charge in [-0.25, -0.2) is 4.98 Å². The molecule has 0 bridgehead atoms. The number of hydrogen-bond donors (Lipinski definition) is 2. The van der Waals surface area contributed by atoms with Crippen LogP contribution in [0.15, 0.2) is 48.8 Å². The lowest BCUT2D eigenvalue weighted by molar-refractivity contribution is 0.0743. The highest BCUT2D eigenvalue weighted by Crippen LogP contribution is 2.25. The summed E-state index contributed by atoms with van der Waals surface area (Å²) in [6.07, 6.45) is 3.79. The molecule has 33 heavy (non-hydrogen) atoms. The first-order valence-electron chi connectivity index (χ1n) is 11.1. The van der Waals surface area contributed by atoms with Gasteiger partial charge in [-0.3, -0.25) is 9.48 Å². The van der Waals surface area contributed by atoms with E-state index < -0.39 is 0 Å². The number of rotatable bonds is 7. The monoisotopic (exact) mass is 449 g/mol. The molecule has 174 valence electrons. The van der Waals surface area contributed by atoms with Gasteiger partial charge >= 0.3 is 0 Å². The highest BCUT2D eigenvalue weighted by molar-refractivity contribution is 5.97.